The van der Waals surface area contributed by atoms with Crippen LogP contribution in [0.4, 0.5) is 0 Å². The topological polar surface area (TPSA) is 226 Å². The third-order valence-electron chi connectivity index (χ3n) is 12.8. The Morgan fingerprint density at radius 3 is 2.52 bits per heavy atom. The van der Waals surface area contributed by atoms with Gasteiger partial charge < -0.3 is 19.5 Å². The van der Waals surface area contributed by atoms with E-state index in [2.05, 4.69) is 20.9 Å². The third-order valence-corrected chi connectivity index (χ3v) is 14.7. The Labute approximate surface area is 399 Å². The number of benzene rings is 4. The number of carbonyl (C=O) groups is 6. The fraction of sp³-hybridized carbons (Fsp3) is 0.400. The molecule has 2 N–H and O–H groups in total. The number of fused-ring (bicyclic) bond motifs is 3. The summed E-state index contributed by atoms with van der Waals surface area (Å²) in [6, 6.07) is 18.4. The molecule has 0 spiro atoms. The molecule has 3 aliphatic rings. The fourth-order valence-corrected chi connectivity index (χ4v) is 10.9. The molecule has 0 radical (unpaired) electrons. The van der Waals surface area contributed by atoms with Gasteiger partial charge in [0, 0.05) is 38.9 Å². The zero-order chi connectivity index (χ0) is 49.1. The van der Waals surface area contributed by atoms with Gasteiger partial charge in [-0.2, -0.15) is 4.31 Å². The zero-order valence-electron chi connectivity index (χ0n) is 39.2. The largest absolute Gasteiger partial charge is 0.494 e. The molecule has 2 unspecified atom stereocenters. The molecule has 4 aromatic carbocycles. The molecule has 18 nitrogen and oxygen atoms in total. The summed E-state index contributed by atoms with van der Waals surface area (Å²) in [5.74, 6) is -2.35. The molecule has 1 aromatic heterocycles. The van der Waals surface area contributed by atoms with Crippen LogP contribution in [0.2, 0.25) is 0 Å². The number of unbranched alkanes of at least 4 members (excludes halogenated alkanes) is 3. The van der Waals surface area contributed by atoms with Crippen LogP contribution in [0.3, 0.4) is 0 Å². The average Bonchev–Trinajstić information content (AvgIpc) is 3.78. The highest BCUT2D eigenvalue weighted by molar-refractivity contribution is 7.89. The van der Waals surface area contributed by atoms with Crippen LogP contribution in [0.1, 0.15) is 113 Å². The maximum Gasteiger partial charge on any atom is 0.266 e. The Morgan fingerprint density at radius 1 is 0.957 bits per heavy atom. The fourth-order valence-electron chi connectivity index (χ4n) is 9.29. The van der Waals surface area contributed by atoms with Gasteiger partial charge in [-0.1, -0.05) is 48.4 Å². The first-order chi connectivity index (χ1) is 33.0. The number of aryl methyl sites for hydroxylation is 3. The van der Waals surface area contributed by atoms with Gasteiger partial charge in [-0.25, -0.2) is 13.1 Å². The molecule has 3 aliphatic heterocycles. The number of Topliss-reactive ketones (excluding diaryl/α,β-unsaturated/α-hetero) is 1. The summed E-state index contributed by atoms with van der Waals surface area (Å²) in [6.45, 7) is 5.60. The number of rotatable bonds is 18. The lowest BCUT2D eigenvalue weighted by molar-refractivity contribution is -0.136. The summed E-state index contributed by atoms with van der Waals surface area (Å²) in [5, 5.41) is 13.4. The lowest BCUT2D eigenvalue weighted by Gasteiger charge is -2.27. The lowest BCUT2D eigenvalue weighted by Crippen LogP contribution is -2.54. The van der Waals surface area contributed by atoms with Crippen molar-refractivity contribution in [1.29, 1.82) is 0 Å². The van der Waals surface area contributed by atoms with E-state index in [0.29, 0.717) is 36.4 Å². The molecule has 0 saturated carbocycles. The van der Waals surface area contributed by atoms with Crippen LogP contribution in [-0.4, -0.2) is 107 Å². The van der Waals surface area contributed by atoms with Crippen molar-refractivity contribution in [3.05, 3.63) is 106 Å². The van der Waals surface area contributed by atoms with Crippen molar-refractivity contribution in [1.82, 2.24) is 34.8 Å². The molecule has 0 bridgehead atoms. The van der Waals surface area contributed by atoms with Crippen LogP contribution in [-0.2, 0) is 49.2 Å². The summed E-state index contributed by atoms with van der Waals surface area (Å²) in [7, 11) is -0.606. The smallest absolute Gasteiger partial charge is 0.266 e. The van der Waals surface area contributed by atoms with E-state index < -0.39 is 58.3 Å². The van der Waals surface area contributed by atoms with Gasteiger partial charge in [0.05, 0.1) is 24.8 Å². The average molecular weight is 962 g/mol. The Kier molecular flexibility index (Phi) is 14.3. The molecule has 19 heteroatoms. The second-order valence-electron chi connectivity index (χ2n) is 17.9. The van der Waals surface area contributed by atoms with Crippen molar-refractivity contribution < 1.29 is 51.4 Å². The number of nitrogens with zero attached hydrogens (tertiary/aromatic N) is 5. The van der Waals surface area contributed by atoms with E-state index >= 15 is 0 Å². The van der Waals surface area contributed by atoms with Gasteiger partial charge in [-0.15, -0.1) is 5.10 Å². The predicted octanol–water partition coefficient (Wildman–Crippen LogP) is 5.07. The van der Waals surface area contributed by atoms with Gasteiger partial charge in [0.2, 0.25) is 21.8 Å². The Morgan fingerprint density at radius 2 is 1.75 bits per heavy atom. The van der Waals surface area contributed by atoms with Crippen LogP contribution >= 0.6 is 0 Å². The number of methoxy groups -OCH3 is 1. The van der Waals surface area contributed by atoms with Gasteiger partial charge in [-0.3, -0.25) is 39.0 Å². The molecule has 4 heterocycles. The number of hydrogen-bond donors (Lipinski definition) is 2. The predicted molar refractivity (Wildman–Crippen MR) is 251 cm³/mol. The molecule has 0 aliphatic carbocycles. The van der Waals surface area contributed by atoms with E-state index in [4.69, 9.17) is 14.2 Å². The normalized spacial score (nSPS) is 18.2. The molecule has 1 fully saturated rings. The first-order valence-corrected chi connectivity index (χ1v) is 24.5. The summed E-state index contributed by atoms with van der Waals surface area (Å²) < 4.78 is 49.4. The number of ketones is 1. The molecular weight excluding hydrogens is 907 g/mol. The van der Waals surface area contributed by atoms with Gasteiger partial charge >= 0.3 is 0 Å². The van der Waals surface area contributed by atoms with Crippen molar-refractivity contribution in [2.24, 2.45) is 7.05 Å². The number of nitrogens with one attached hydrogen (secondary N) is 2. The number of ether oxygens (including phenoxy) is 3. The number of aromatic nitrogens is 3. The molecule has 362 valence electrons. The van der Waals surface area contributed by atoms with Gasteiger partial charge in [-0.05, 0) is 111 Å². The van der Waals surface area contributed by atoms with Gasteiger partial charge in [0.15, 0.2) is 6.61 Å². The highest BCUT2D eigenvalue weighted by Crippen LogP contribution is 2.38. The maximum atomic E-state index is 14.3. The summed E-state index contributed by atoms with van der Waals surface area (Å²) >= 11 is 0. The van der Waals surface area contributed by atoms with E-state index in [0.717, 1.165) is 57.5 Å². The Bertz CT molecular complexity index is 2990. The summed E-state index contributed by atoms with van der Waals surface area (Å²) in [6.07, 6.45) is 3.71. The molecule has 5 amide bonds. The standard InChI is InChI=1S/C50H55N7O11S/c1-29-14-16-33(37(21-30(2)58)34-24-38-47(42(25-34)66-5)55(4)54-53-38)23-35(29)27-56-26-31(3)68-41-22-32(15-18-43(41)69(56,64)65)11-8-6-7-9-20-51-45(60)28-67-40-13-10-12-36-46(40)50(63)57(49(36)62)39-17-19-44(59)52-48(39)61/h10,12-16,18,22-25,31,37,39H,6-9,11,17,19-21,26-28H2,1-5H3,(H,51,60)(H,52,59,61)/t31-,37?,39?/m1/s1. The minimum absolute atomic E-state index is 0.000278. The Balaban J connectivity index is 0.831. The van der Waals surface area contributed by atoms with Crippen LogP contribution in [0.15, 0.2) is 71.6 Å². The van der Waals surface area contributed by atoms with E-state index in [1.165, 1.54) is 22.5 Å². The van der Waals surface area contributed by atoms with Crippen LogP contribution in [0.5, 0.6) is 17.2 Å². The summed E-state index contributed by atoms with van der Waals surface area (Å²) in [4.78, 5) is 76.7. The van der Waals surface area contributed by atoms with Crippen LogP contribution in [0.25, 0.3) is 11.0 Å². The first kappa shape index (κ1) is 48.5. The molecule has 8 rings (SSSR count). The number of amides is 5. The van der Waals surface area contributed by atoms with E-state index in [1.54, 1.807) is 31.8 Å². The number of hydrogen-bond acceptors (Lipinski definition) is 13. The molecule has 1 saturated heterocycles. The van der Waals surface area contributed by atoms with Crippen LogP contribution in [0, 0.1) is 6.92 Å². The minimum atomic E-state index is -3.98. The van der Waals surface area contributed by atoms with E-state index in [-0.39, 0.29) is 65.8 Å². The molecular formula is C50H55N7O11S. The van der Waals surface area contributed by atoms with Crippen molar-refractivity contribution >= 4 is 56.4 Å². The van der Waals surface area contributed by atoms with Crippen molar-refractivity contribution in [2.45, 2.75) is 102 Å². The van der Waals surface area contributed by atoms with Crippen molar-refractivity contribution in [2.75, 3.05) is 26.8 Å². The van der Waals surface area contributed by atoms with Gasteiger partial charge in [0.1, 0.15) is 51.1 Å². The second-order valence-corrected chi connectivity index (χ2v) is 19.8. The zero-order valence-corrected chi connectivity index (χ0v) is 40.0. The first-order valence-electron chi connectivity index (χ1n) is 23.0. The Hall–Kier alpha value is -6.99. The summed E-state index contributed by atoms with van der Waals surface area (Å²) in [5.41, 5.74) is 5.78. The number of piperidine rings is 1. The molecule has 5 aromatic rings. The van der Waals surface area contributed by atoms with Crippen LogP contribution < -0.4 is 24.8 Å². The van der Waals surface area contributed by atoms with E-state index in [1.807, 2.05) is 56.3 Å². The van der Waals surface area contributed by atoms with E-state index in [9.17, 15) is 37.2 Å². The number of sulfonamides is 1. The van der Waals surface area contributed by atoms with Crippen molar-refractivity contribution in [3.8, 4) is 17.2 Å². The number of imide groups is 2. The van der Waals surface area contributed by atoms with Crippen molar-refractivity contribution in [3.63, 3.8) is 0 Å². The monoisotopic (exact) mass is 961 g/mol. The SMILES string of the molecule is COc1cc(C(CC(C)=O)c2ccc(C)c(CN3C[C@@H](C)Oc4cc(CCCCCCNC(=O)COc5cccc6c5C(=O)N(C5CCC(=O)NC5=O)C6=O)ccc4S3(=O)=O)c2)cc2nnn(C)c12. The highest BCUT2D eigenvalue weighted by atomic mass is 32.2. The van der Waals surface area contributed by atoms with Gasteiger partial charge in [0.25, 0.3) is 17.7 Å². The highest BCUT2D eigenvalue weighted by Gasteiger charge is 2.46. The maximum absolute atomic E-state index is 14.3. The molecule has 69 heavy (non-hydrogen) atoms. The quantitative estimate of drug-likeness (QED) is 0.0866. The molecule has 3 atom stereocenters. The third kappa shape index (κ3) is 10.2. The lowest BCUT2D eigenvalue weighted by atomic mass is 9.85. The second kappa shape index (κ2) is 20.3. The minimum Gasteiger partial charge on any atom is -0.494 e. The number of carbonyl (C=O) groups excluding carboxylic acids is 6.